The Morgan fingerprint density at radius 3 is 2.82 bits per heavy atom. The first-order valence-corrected chi connectivity index (χ1v) is 7.79. The number of rotatable bonds is 2. The fourth-order valence-corrected chi connectivity index (χ4v) is 5.09. The van der Waals surface area contributed by atoms with E-state index in [2.05, 4.69) is 4.98 Å². The molecule has 1 aromatic rings. The van der Waals surface area contributed by atoms with E-state index in [9.17, 15) is 8.42 Å². The van der Waals surface area contributed by atoms with Crippen LogP contribution in [0.2, 0.25) is 4.47 Å². The first-order valence-electron chi connectivity index (χ1n) is 5.16. The number of thiazole rings is 1. The molecule has 0 amide bonds. The average molecular weight is 297 g/mol. The molecule has 0 saturated carbocycles. The fourth-order valence-electron chi connectivity index (χ4n) is 1.71. The summed E-state index contributed by atoms with van der Waals surface area (Å²) >= 11 is 6.74. The SMILES string of the molecule is Cc1nc(Cl)sc1S(=O)(=O)N1CCOC(C)C1. The first-order chi connectivity index (χ1) is 7.91. The van der Waals surface area contributed by atoms with Gasteiger partial charge in [-0.3, -0.25) is 0 Å². The van der Waals surface area contributed by atoms with Gasteiger partial charge in [-0.25, -0.2) is 13.4 Å². The second-order valence-electron chi connectivity index (χ2n) is 3.88. The van der Waals surface area contributed by atoms with Crippen LogP contribution in [-0.4, -0.2) is 43.5 Å². The van der Waals surface area contributed by atoms with Gasteiger partial charge in [0.25, 0.3) is 10.0 Å². The van der Waals surface area contributed by atoms with Crippen molar-refractivity contribution in [3.8, 4) is 0 Å². The summed E-state index contributed by atoms with van der Waals surface area (Å²) in [6.45, 7) is 4.68. The summed E-state index contributed by atoms with van der Waals surface area (Å²) in [5, 5.41) is 0. The van der Waals surface area contributed by atoms with E-state index in [4.69, 9.17) is 16.3 Å². The van der Waals surface area contributed by atoms with Crippen LogP contribution in [-0.2, 0) is 14.8 Å². The normalized spacial score (nSPS) is 22.9. The van der Waals surface area contributed by atoms with Gasteiger partial charge in [0.15, 0.2) is 8.68 Å². The highest BCUT2D eigenvalue weighted by Crippen LogP contribution is 2.30. The number of hydrogen-bond acceptors (Lipinski definition) is 5. The molecule has 2 rings (SSSR count). The van der Waals surface area contributed by atoms with Gasteiger partial charge in [-0.05, 0) is 13.8 Å². The highest BCUT2D eigenvalue weighted by molar-refractivity contribution is 7.91. The topological polar surface area (TPSA) is 59.5 Å². The fraction of sp³-hybridized carbons (Fsp3) is 0.667. The first kappa shape index (κ1) is 13.2. The lowest BCUT2D eigenvalue weighted by Gasteiger charge is -2.29. The number of aryl methyl sites for hydroxylation is 1. The molecule has 0 N–H and O–H groups in total. The van der Waals surface area contributed by atoms with Gasteiger partial charge in [-0.2, -0.15) is 4.31 Å². The molecule has 0 aliphatic carbocycles. The zero-order chi connectivity index (χ0) is 12.6. The summed E-state index contributed by atoms with van der Waals surface area (Å²) in [6, 6.07) is 0. The van der Waals surface area contributed by atoms with Gasteiger partial charge in [0.2, 0.25) is 0 Å². The summed E-state index contributed by atoms with van der Waals surface area (Å²) in [5.41, 5.74) is 0.458. The van der Waals surface area contributed by atoms with Crippen LogP contribution in [0.25, 0.3) is 0 Å². The molecule has 1 saturated heterocycles. The van der Waals surface area contributed by atoms with E-state index in [-0.39, 0.29) is 14.8 Å². The highest BCUT2D eigenvalue weighted by Gasteiger charge is 2.32. The molecule has 0 spiro atoms. The summed E-state index contributed by atoms with van der Waals surface area (Å²) < 4.78 is 31.9. The standard InChI is InChI=1S/C9H13ClN2O3S2/c1-6-5-12(3-4-15-6)17(13,14)8-7(2)11-9(10)16-8/h6H,3-5H2,1-2H3. The molecule has 1 atom stereocenters. The summed E-state index contributed by atoms with van der Waals surface area (Å²) in [6.07, 6.45) is -0.0813. The second-order valence-corrected chi connectivity index (χ2v) is 7.60. The molecule has 0 aromatic carbocycles. The van der Waals surface area contributed by atoms with Crippen molar-refractivity contribution in [3.05, 3.63) is 10.2 Å². The number of sulfonamides is 1. The quantitative estimate of drug-likeness (QED) is 0.830. The Bertz CT molecular complexity index is 514. The largest absolute Gasteiger partial charge is 0.376 e. The Kier molecular flexibility index (Phi) is 3.74. The van der Waals surface area contributed by atoms with Crippen molar-refractivity contribution < 1.29 is 13.2 Å². The minimum absolute atomic E-state index is 0.0813. The second kappa shape index (κ2) is 4.81. The van der Waals surface area contributed by atoms with Crippen LogP contribution in [0.4, 0.5) is 0 Å². The predicted octanol–water partition coefficient (Wildman–Crippen LogP) is 1.51. The summed E-state index contributed by atoms with van der Waals surface area (Å²) in [4.78, 5) is 3.94. The van der Waals surface area contributed by atoms with E-state index in [1.54, 1.807) is 6.92 Å². The molecule has 1 aromatic heterocycles. The van der Waals surface area contributed by atoms with Gasteiger partial charge in [0.05, 0.1) is 18.4 Å². The number of aromatic nitrogens is 1. The van der Waals surface area contributed by atoms with Crippen molar-refractivity contribution in [2.45, 2.75) is 24.2 Å². The Morgan fingerprint density at radius 1 is 1.59 bits per heavy atom. The number of nitrogens with zero attached hydrogens (tertiary/aromatic N) is 2. The van der Waals surface area contributed by atoms with E-state index in [0.29, 0.717) is 25.4 Å². The van der Waals surface area contributed by atoms with E-state index < -0.39 is 10.0 Å². The van der Waals surface area contributed by atoms with Crippen LogP contribution in [0.5, 0.6) is 0 Å². The van der Waals surface area contributed by atoms with Gasteiger partial charge in [-0.1, -0.05) is 22.9 Å². The van der Waals surface area contributed by atoms with Crippen molar-refractivity contribution >= 4 is 33.0 Å². The number of ether oxygens (including phenoxy) is 1. The highest BCUT2D eigenvalue weighted by atomic mass is 35.5. The van der Waals surface area contributed by atoms with E-state index in [1.807, 2.05) is 6.92 Å². The molecule has 1 unspecified atom stereocenters. The van der Waals surface area contributed by atoms with E-state index in [0.717, 1.165) is 11.3 Å². The smallest absolute Gasteiger partial charge is 0.254 e. The number of morpholine rings is 1. The van der Waals surface area contributed by atoms with Gasteiger partial charge >= 0.3 is 0 Å². The van der Waals surface area contributed by atoms with Crippen LogP contribution < -0.4 is 0 Å². The van der Waals surface area contributed by atoms with Crippen molar-refractivity contribution in [3.63, 3.8) is 0 Å². The van der Waals surface area contributed by atoms with Crippen LogP contribution in [0.15, 0.2) is 4.21 Å². The van der Waals surface area contributed by atoms with Crippen LogP contribution in [0.3, 0.4) is 0 Å². The Labute approximate surface area is 109 Å². The number of hydrogen-bond donors (Lipinski definition) is 0. The van der Waals surface area contributed by atoms with Crippen molar-refractivity contribution in [1.29, 1.82) is 0 Å². The maximum atomic E-state index is 12.3. The number of halogens is 1. The molecule has 0 radical (unpaired) electrons. The zero-order valence-corrected chi connectivity index (χ0v) is 11.9. The lowest BCUT2D eigenvalue weighted by molar-refractivity contribution is 0.0102. The maximum absolute atomic E-state index is 12.3. The van der Waals surface area contributed by atoms with Crippen molar-refractivity contribution in [2.24, 2.45) is 0 Å². The minimum Gasteiger partial charge on any atom is -0.376 e. The van der Waals surface area contributed by atoms with Gasteiger partial charge < -0.3 is 4.74 Å². The van der Waals surface area contributed by atoms with Crippen LogP contribution in [0.1, 0.15) is 12.6 Å². The van der Waals surface area contributed by atoms with Gasteiger partial charge in [0.1, 0.15) is 0 Å². The molecule has 96 valence electrons. The molecule has 2 heterocycles. The average Bonchev–Trinajstić information content (AvgIpc) is 2.58. The maximum Gasteiger partial charge on any atom is 0.254 e. The lowest BCUT2D eigenvalue weighted by Crippen LogP contribution is -2.44. The van der Waals surface area contributed by atoms with Crippen molar-refractivity contribution in [1.82, 2.24) is 9.29 Å². The molecular formula is C9H13ClN2O3S2. The van der Waals surface area contributed by atoms with Gasteiger partial charge in [-0.15, -0.1) is 0 Å². The molecule has 8 heteroatoms. The molecule has 17 heavy (non-hydrogen) atoms. The lowest BCUT2D eigenvalue weighted by atomic mass is 10.3. The third-order valence-corrected chi connectivity index (χ3v) is 6.22. The molecule has 0 bridgehead atoms. The van der Waals surface area contributed by atoms with E-state index >= 15 is 0 Å². The van der Waals surface area contributed by atoms with Crippen LogP contribution >= 0.6 is 22.9 Å². The summed E-state index contributed by atoms with van der Waals surface area (Å²) in [7, 11) is -3.48. The van der Waals surface area contributed by atoms with Crippen LogP contribution in [0, 0.1) is 6.92 Å². The molecule has 5 nitrogen and oxygen atoms in total. The third kappa shape index (κ3) is 2.63. The third-order valence-electron chi connectivity index (χ3n) is 2.51. The Morgan fingerprint density at radius 2 is 2.29 bits per heavy atom. The Balaban J connectivity index is 2.33. The minimum atomic E-state index is -3.48. The summed E-state index contributed by atoms with van der Waals surface area (Å²) in [5.74, 6) is 0. The van der Waals surface area contributed by atoms with Gasteiger partial charge in [0, 0.05) is 13.1 Å². The van der Waals surface area contributed by atoms with E-state index in [1.165, 1.54) is 4.31 Å². The predicted molar refractivity (Wildman–Crippen MR) is 66.0 cm³/mol. The molecule has 1 aliphatic heterocycles. The Hall–Kier alpha value is -0.210. The molecule has 1 aliphatic rings. The monoisotopic (exact) mass is 296 g/mol. The molecule has 1 fully saturated rings. The zero-order valence-electron chi connectivity index (χ0n) is 9.51. The van der Waals surface area contributed by atoms with Crippen molar-refractivity contribution in [2.75, 3.05) is 19.7 Å². The molecular weight excluding hydrogens is 284 g/mol.